The summed E-state index contributed by atoms with van der Waals surface area (Å²) in [6.07, 6.45) is 2.85. The number of fused-ring (bicyclic) bond motifs is 1. The molecule has 1 aromatic carbocycles. The van der Waals surface area contributed by atoms with Gasteiger partial charge < -0.3 is 14.6 Å². The van der Waals surface area contributed by atoms with Crippen LogP contribution in [0.1, 0.15) is 5.56 Å². The van der Waals surface area contributed by atoms with E-state index in [0.29, 0.717) is 6.61 Å². The van der Waals surface area contributed by atoms with E-state index in [1.54, 1.807) is 13.4 Å². The first-order valence-corrected chi connectivity index (χ1v) is 6.12. The van der Waals surface area contributed by atoms with Crippen LogP contribution in [0.25, 0.3) is 11.4 Å². The Labute approximate surface area is 106 Å². The van der Waals surface area contributed by atoms with Gasteiger partial charge in [-0.1, -0.05) is 12.1 Å². The van der Waals surface area contributed by atoms with Gasteiger partial charge in [-0.05, 0) is 18.1 Å². The fraction of sp³-hybridized carbons (Fsp3) is 0.385. The molecule has 1 aromatic heterocycles. The second kappa shape index (κ2) is 4.78. The molecule has 18 heavy (non-hydrogen) atoms. The van der Waals surface area contributed by atoms with E-state index in [4.69, 9.17) is 4.74 Å². The Morgan fingerprint density at radius 3 is 3.28 bits per heavy atom. The molecule has 94 valence electrons. The zero-order valence-corrected chi connectivity index (χ0v) is 10.4. The third kappa shape index (κ3) is 1.97. The lowest BCUT2D eigenvalue weighted by molar-refractivity contribution is 0.187. The van der Waals surface area contributed by atoms with Crippen molar-refractivity contribution in [2.24, 2.45) is 0 Å². The summed E-state index contributed by atoms with van der Waals surface area (Å²) < 4.78 is 7.11. The van der Waals surface area contributed by atoms with Crippen LogP contribution in [-0.4, -0.2) is 35.0 Å². The first kappa shape index (κ1) is 11.2. The number of aromatic nitrogens is 3. The number of benzene rings is 1. The van der Waals surface area contributed by atoms with Crippen molar-refractivity contribution in [3.63, 3.8) is 0 Å². The molecule has 1 aliphatic rings. The molecule has 0 saturated heterocycles. The fourth-order valence-corrected chi connectivity index (χ4v) is 2.26. The normalized spacial score (nSPS) is 13.4. The number of nitrogens with zero attached hydrogens (tertiary/aromatic N) is 3. The van der Waals surface area contributed by atoms with Gasteiger partial charge in [0.1, 0.15) is 6.33 Å². The molecular formula is C13H16N4O. The highest BCUT2D eigenvalue weighted by atomic mass is 16.5. The molecule has 0 bridgehead atoms. The molecule has 0 atom stereocenters. The first-order chi connectivity index (χ1) is 8.88. The van der Waals surface area contributed by atoms with Gasteiger partial charge in [0.05, 0.1) is 6.61 Å². The maximum atomic E-state index is 5.09. The molecule has 2 aromatic rings. The summed E-state index contributed by atoms with van der Waals surface area (Å²) in [5.74, 6) is 0.892. The standard InChI is InChI=1S/C13H16N4O/c1-18-7-6-17-9-15-16-13(17)11-3-2-10-4-5-14-12(10)8-11/h2-3,8-9,14H,4-7H2,1H3. The van der Waals surface area contributed by atoms with Crippen LogP contribution in [0.2, 0.25) is 0 Å². The van der Waals surface area contributed by atoms with E-state index in [1.165, 1.54) is 11.3 Å². The van der Waals surface area contributed by atoms with Gasteiger partial charge in [0.25, 0.3) is 0 Å². The van der Waals surface area contributed by atoms with Crippen LogP contribution in [0.15, 0.2) is 24.5 Å². The number of hydrogen-bond donors (Lipinski definition) is 1. The van der Waals surface area contributed by atoms with E-state index in [2.05, 4.69) is 33.7 Å². The van der Waals surface area contributed by atoms with Crippen LogP contribution in [0.5, 0.6) is 0 Å². The largest absolute Gasteiger partial charge is 0.384 e. The predicted octanol–water partition coefficient (Wildman–Crippen LogP) is 1.56. The second-order valence-corrected chi connectivity index (χ2v) is 4.39. The molecule has 0 amide bonds. The van der Waals surface area contributed by atoms with E-state index < -0.39 is 0 Å². The monoisotopic (exact) mass is 244 g/mol. The van der Waals surface area contributed by atoms with Gasteiger partial charge in [-0.15, -0.1) is 10.2 Å². The van der Waals surface area contributed by atoms with Gasteiger partial charge in [0.15, 0.2) is 5.82 Å². The zero-order chi connectivity index (χ0) is 12.4. The highest BCUT2D eigenvalue weighted by Crippen LogP contribution is 2.27. The molecule has 0 fully saturated rings. The Balaban J connectivity index is 1.92. The maximum absolute atomic E-state index is 5.09. The quantitative estimate of drug-likeness (QED) is 0.886. The molecular weight excluding hydrogens is 228 g/mol. The van der Waals surface area contributed by atoms with Crippen molar-refractivity contribution >= 4 is 5.69 Å². The molecule has 0 radical (unpaired) electrons. The van der Waals surface area contributed by atoms with E-state index in [0.717, 1.165) is 30.9 Å². The average molecular weight is 244 g/mol. The molecule has 0 saturated carbocycles. The highest BCUT2D eigenvalue weighted by Gasteiger charge is 2.13. The van der Waals surface area contributed by atoms with Crippen molar-refractivity contribution in [2.75, 3.05) is 25.6 Å². The summed E-state index contributed by atoms with van der Waals surface area (Å²) >= 11 is 0. The van der Waals surface area contributed by atoms with E-state index in [9.17, 15) is 0 Å². The van der Waals surface area contributed by atoms with Crippen LogP contribution in [0.3, 0.4) is 0 Å². The van der Waals surface area contributed by atoms with Crippen LogP contribution in [0.4, 0.5) is 5.69 Å². The number of methoxy groups -OCH3 is 1. The molecule has 3 rings (SSSR count). The van der Waals surface area contributed by atoms with Crippen molar-refractivity contribution in [3.8, 4) is 11.4 Å². The summed E-state index contributed by atoms with van der Waals surface area (Å²) in [5, 5.41) is 11.6. The second-order valence-electron chi connectivity index (χ2n) is 4.39. The lowest BCUT2D eigenvalue weighted by Crippen LogP contribution is -2.05. The van der Waals surface area contributed by atoms with Crippen LogP contribution in [0, 0.1) is 0 Å². The minimum Gasteiger partial charge on any atom is -0.384 e. The van der Waals surface area contributed by atoms with Crippen molar-refractivity contribution in [1.29, 1.82) is 0 Å². The maximum Gasteiger partial charge on any atom is 0.163 e. The Hall–Kier alpha value is -1.88. The van der Waals surface area contributed by atoms with Crippen molar-refractivity contribution in [3.05, 3.63) is 30.1 Å². The van der Waals surface area contributed by atoms with Crippen LogP contribution >= 0.6 is 0 Å². The summed E-state index contributed by atoms with van der Waals surface area (Å²) in [6, 6.07) is 6.43. The van der Waals surface area contributed by atoms with Gasteiger partial charge in [-0.3, -0.25) is 0 Å². The van der Waals surface area contributed by atoms with E-state index in [1.807, 2.05) is 4.57 Å². The number of hydrogen-bond acceptors (Lipinski definition) is 4. The third-order valence-corrected chi connectivity index (χ3v) is 3.23. The van der Waals surface area contributed by atoms with Crippen molar-refractivity contribution in [2.45, 2.75) is 13.0 Å². The number of ether oxygens (including phenoxy) is 1. The molecule has 0 aliphatic carbocycles. The number of nitrogens with one attached hydrogen (secondary N) is 1. The lowest BCUT2D eigenvalue weighted by Gasteiger charge is -2.07. The molecule has 0 spiro atoms. The predicted molar refractivity (Wildman–Crippen MR) is 69.5 cm³/mol. The Morgan fingerprint density at radius 2 is 2.39 bits per heavy atom. The highest BCUT2D eigenvalue weighted by molar-refractivity contribution is 5.67. The van der Waals surface area contributed by atoms with Crippen LogP contribution in [-0.2, 0) is 17.7 Å². The lowest BCUT2D eigenvalue weighted by atomic mass is 10.1. The Morgan fingerprint density at radius 1 is 1.44 bits per heavy atom. The van der Waals surface area contributed by atoms with Crippen molar-refractivity contribution in [1.82, 2.24) is 14.8 Å². The van der Waals surface area contributed by atoms with Crippen LogP contribution < -0.4 is 5.32 Å². The topological polar surface area (TPSA) is 52.0 Å². The first-order valence-electron chi connectivity index (χ1n) is 6.12. The van der Waals surface area contributed by atoms with Crippen molar-refractivity contribution < 1.29 is 4.74 Å². The summed E-state index contributed by atoms with van der Waals surface area (Å²) in [6.45, 7) is 2.45. The van der Waals surface area contributed by atoms with Gasteiger partial charge >= 0.3 is 0 Å². The van der Waals surface area contributed by atoms with Gasteiger partial charge in [0.2, 0.25) is 0 Å². The average Bonchev–Trinajstić information content (AvgIpc) is 3.03. The minimum absolute atomic E-state index is 0.661. The molecule has 1 aliphatic heterocycles. The minimum atomic E-state index is 0.661. The molecule has 5 heteroatoms. The summed E-state index contributed by atoms with van der Waals surface area (Å²) in [7, 11) is 1.70. The Bertz CT molecular complexity index is 550. The molecule has 2 heterocycles. The van der Waals surface area contributed by atoms with E-state index in [-0.39, 0.29) is 0 Å². The van der Waals surface area contributed by atoms with Gasteiger partial charge in [0, 0.05) is 31.5 Å². The SMILES string of the molecule is COCCn1cnnc1-c1ccc2c(c1)NCC2. The van der Waals surface area contributed by atoms with Gasteiger partial charge in [-0.25, -0.2) is 0 Å². The molecule has 1 N–H and O–H groups in total. The Kier molecular flexibility index (Phi) is 2.98. The molecule has 0 unspecified atom stereocenters. The van der Waals surface area contributed by atoms with E-state index >= 15 is 0 Å². The number of anilines is 1. The third-order valence-electron chi connectivity index (χ3n) is 3.23. The molecule has 5 nitrogen and oxygen atoms in total. The zero-order valence-electron chi connectivity index (χ0n) is 10.4. The fourth-order valence-electron chi connectivity index (χ4n) is 2.26. The summed E-state index contributed by atoms with van der Waals surface area (Å²) in [5.41, 5.74) is 3.69. The summed E-state index contributed by atoms with van der Waals surface area (Å²) in [4.78, 5) is 0. The smallest absolute Gasteiger partial charge is 0.163 e. The number of rotatable bonds is 4. The van der Waals surface area contributed by atoms with Gasteiger partial charge in [-0.2, -0.15) is 0 Å².